The van der Waals surface area contributed by atoms with E-state index >= 15 is 0 Å². The van der Waals surface area contributed by atoms with Crippen LogP contribution in [0.1, 0.15) is 19.8 Å². The molecular formula is C7H14N2. The zero-order valence-electron chi connectivity index (χ0n) is 6.22. The van der Waals surface area contributed by atoms with Gasteiger partial charge in [-0.2, -0.15) is 5.26 Å². The van der Waals surface area contributed by atoms with Gasteiger partial charge >= 0.3 is 0 Å². The van der Waals surface area contributed by atoms with Gasteiger partial charge in [-0.3, -0.25) is 0 Å². The highest BCUT2D eigenvalue weighted by Crippen LogP contribution is 1.87. The van der Waals surface area contributed by atoms with Crippen LogP contribution in [-0.4, -0.2) is 25.0 Å². The first-order chi connectivity index (χ1) is 4.31. The smallest absolute Gasteiger partial charge is 0.0635 e. The van der Waals surface area contributed by atoms with Crippen molar-refractivity contribution >= 4 is 0 Å². The van der Waals surface area contributed by atoms with Gasteiger partial charge in [0.05, 0.1) is 6.07 Å². The third-order valence-corrected chi connectivity index (χ3v) is 1.21. The van der Waals surface area contributed by atoms with Crippen LogP contribution in [0.2, 0.25) is 0 Å². The second-order valence-electron chi connectivity index (χ2n) is 2.21. The molecule has 0 aliphatic carbocycles. The van der Waals surface area contributed by atoms with E-state index in [-0.39, 0.29) is 0 Å². The van der Waals surface area contributed by atoms with E-state index in [9.17, 15) is 0 Å². The van der Waals surface area contributed by atoms with Crippen molar-refractivity contribution in [3.8, 4) is 6.07 Å². The first-order valence-electron chi connectivity index (χ1n) is 3.36. The summed E-state index contributed by atoms with van der Waals surface area (Å²) >= 11 is 0. The highest BCUT2D eigenvalue weighted by atomic mass is 15.1. The fourth-order valence-electron chi connectivity index (χ4n) is 0.734. The normalized spacial score (nSPS) is 9.56. The van der Waals surface area contributed by atoms with Gasteiger partial charge in [0.2, 0.25) is 0 Å². The number of nitriles is 1. The predicted octanol–water partition coefficient (Wildman–Crippen LogP) is 1.24. The minimum absolute atomic E-state index is 0.649. The summed E-state index contributed by atoms with van der Waals surface area (Å²) in [5, 5.41) is 8.21. The largest absolute Gasteiger partial charge is 0.305 e. The van der Waals surface area contributed by atoms with Gasteiger partial charge in [-0.25, -0.2) is 0 Å². The minimum Gasteiger partial charge on any atom is -0.305 e. The first kappa shape index (κ1) is 8.45. The van der Waals surface area contributed by atoms with E-state index in [1.165, 1.54) is 6.42 Å². The number of nitrogens with zero attached hydrogens (tertiary/aromatic N) is 2. The molecule has 0 aromatic rings. The van der Waals surface area contributed by atoms with Gasteiger partial charge in [-0.15, -0.1) is 0 Å². The van der Waals surface area contributed by atoms with Gasteiger partial charge < -0.3 is 4.90 Å². The lowest BCUT2D eigenvalue weighted by Crippen LogP contribution is -2.19. The van der Waals surface area contributed by atoms with Gasteiger partial charge in [-0.05, 0) is 20.0 Å². The lowest BCUT2D eigenvalue weighted by molar-refractivity contribution is 0.343. The molecule has 0 N–H and O–H groups in total. The summed E-state index contributed by atoms with van der Waals surface area (Å²) in [6.45, 7) is 4.15. The van der Waals surface area contributed by atoms with Crippen LogP contribution in [0.5, 0.6) is 0 Å². The Labute approximate surface area is 57.1 Å². The molecule has 0 aliphatic heterocycles. The Kier molecular flexibility index (Phi) is 5.24. The third kappa shape index (κ3) is 5.32. The Morgan fingerprint density at radius 1 is 1.44 bits per heavy atom. The highest BCUT2D eigenvalue weighted by Gasteiger charge is 1.92. The molecule has 0 saturated heterocycles. The summed E-state index contributed by atoms with van der Waals surface area (Å²) in [5.74, 6) is 0. The van der Waals surface area contributed by atoms with E-state index in [2.05, 4.69) is 17.9 Å². The lowest BCUT2D eigenvalue weighted by atomic mass is 10.4. The molecule has 0 unspecified atom stereocenters. The summed E-state index contributed by atoms with van der Waals surface area (Å²) < 4.78 is 0. The van der Waals surface area contributed by atoms with Crippen LogP contribution in [0, 0.1) is 11.3 Å². The molecule has 0 spiro atoms. The number of hydrogen-bond acceptors (Lipinski definition) is 2. The summed E-state index contributed by atoms with van der Waals surface area (Å²) in [6, 6.07) is 2.12. The Balaban J connectivity index is 3.07. The molecule has 0 radical (unpaired) electrons. The lowest BCUT2D eigenvalue weighted by Gasteiger charge is -2.11. The molecule has 0 bridgehead atoms. The third-order valence-electron chi connectivity index (χ3n) is 1.21. The van der Waals surface area contributed by atoms with Crippen molar-refractivity contribution in [2.75, 3.05) is 20.1 Å². The van der Waals surface area contributed by atoms with Gasteiger partial charge in [0, 0.05) is 13.0 Å². The fraction of sp³-hybridized carbons (Fsp3) is 0.857. The van der Waals surface area contributed by atoms with E-state index in [4.69, 9.17) is 5.26 Å². The molecule has 0 atom stereocenters. The molecule has 52 valence electrons. The average Bonchev–Trinajstić information content (AvgIpc) is 1.85. The molecule has 0 saturated carbocycles. The SMILES string of the molecule is CCCN(C)CCC#N. The summed E-state index contributed by atoms with van der Waals surface area (Å²) in [5.41, 5.74) is 0. The summed E-state index contributed by atoms with van der Waals surface area (Å²) in [6.07, 6.45) is 1.82. The maximum atomic E-state index is 8.21. The Bertz CT molecular complexity index is 93.6. The molecule has 0 fully saturated rings. The van der Waals surface area contributed by atoms with Crippen molar-refractivity contribution in [2.45, 2.75) is 19.8 Å². The monoisotopic (exact) mass is 126 g/mol. The van der Waals surface area contributed by atoms with Gasteiger partial charge in [0.25, 0.3) is 0 Å². The Hall–Kier alpha value is -0.550. The van der Waals surface area contributed by atoms with Crippen LogP contribution in [0.25, 0.3) is 0 Å². The number of rotatable bonds is 4. The van der Waals surface area contributed by atoms with E-state index in [0.29, 0.717) is 6.42 Å². The topological polar surface area (TPSA) is 27.0 Å². The summed E-state index contributed by atoms with van der Waals surface area (Å²) in [7, 11) is 2.04. The molecule has 0 aromatic heterocycles. The first-order valence-corrected chi connectivity index (χ1v) is 3.36. The summed E-state index contributed by atoms with van der Waals surface area (Å²) in [4.78, 5) is 2.17. The van der Waals surface area contributed by atoms with Gasteiger partial charge in [-0.1, -0.05) is 6.92 Å². The van der Waals surface area contributed by atoms with Crippen molar-refractivity contribution in [3.05, 3.63) is 0 Å². The maximum Gasteiger partial charge on any atom is 0.0635 e. The van der Waals surface area contributed by atoms with E-state index in [1.807, 2.05) is 7.05 Å². The predicted molar refractivity (Wildman–Crippen MR) is 38.0 cm³/mol. The van der Waals surface area contributed by atoms with E-state index in [1.54, 1.807) is 0 Å². The molecule has 9 heavy (non-hydrogen) atoms. The van der Waals surface area contributed by atoms with E-state index < -0.39 is 0 Å². The average molecular weight is 126 g/mol. The van der Waals surface area contributed by atoms with Crippen molar-refractivity contribution in [1.29, 1.82) is 5.26 Å². The molecule has 2 nitrogen and oxygen atoms in total. The molecule has 0 amide bonds. The Morgan fingerprint density at radius 2 is 2.11 bits per heavy atom. The van der Waals surface area contributed by atoms with Crippen LogP contribution in [0.15, 0.2) is 0 Å². The minimum atomic E-state index is 0.649. The zero-order valence-corrected chi connectivity index (χ0v) is 6.22. The van der Waals surface area contributed by atoms with Crippen LogP contribution < -0.4 is 0 Å². The highest BCUT2D eigenvalue weighted by molar-refractivity contribution is 4.70. The second kappa shape index (κ2) is 5.58. The molecule has 0 aliphatic rings. The standard InChI is InChI=1S/C7H14N2/c1-3-6-9(2)7-4-5-8/h3-4,6-7H2,1-2H3. The van der Waals surface area contributed by atoms with Gasteiger partial charge in [0.1, 0.15) is 0 Å². The van der Waals surface area contributed by atoms with Gasteiger partial charge in [0.15, 0.2) is 0 Å². The fourth-order valence-corrected chi connectivity index (χ4v) is 0.734. The molecular weight excluding hydrogens is 112 g/mol. The molecule has 0 heterocycles. The molecule has 2 heteroatoms. The molecule has 0 aromatic carbocycles. The van der Waals surface area contributed by atoms with Crippen molar-refractivity contribution < 1.29 is 0 Å². The number of hydrogen-bond donors (Lipinski definition) is 0. The zero-order chi connectivity index (χ0) is 7.11. The van der Waals surface area contributed by atoms with Crippen molar-refractivity contribution in [1.82, 2.24) is 4.90 Å². The van der Waals surface area contributed by atoms with Crippen LogP contribution >= 0.6 is 0 Å². The maximum absolute atomic E-state index is 8.21. The van der Waals surface area contributed by atoms with Crippen molar-refractivity contribution in [2.24, 2.45) is 0 Å². The van der Waals surface area contributed by atoms with Crippen LogP contribution in [-0.2, 0) is 0 Å². The second-order valence-corrected chi connectivity index (χ2v) is 2.21. The van der Waals surface area contributed by atoms with Crippen molar-refractivity contribution in [3.63, 3.8) is 0 Å². The quantitative estimate of drug-likeness (QED) is 0.566. The Morgan fingerprint density at radius 3 is 2.56 bits per heavy atom. The molecule has 0 rings (SSSR count). The van der Waals surface area contributed by atoms with Crippen LogP contribution in [0.4, 0.5) is 0 Å². The van der Waals surface area contributed by atoms with E-state index in [0.717, 1.165) is 13.1 Å². The van der Waals surface area contributed by atoms with Crippen LogP contribution in [0.3, 0.4) is 0 Å².